The Hall–Kier alpha value is -3.53. The molecular weight excluding hydrogens is 376 g/mol. The minimum absolute atomic E-state index is 0.114. The molecule has 0 aliphatic heterocycles. The van der Waals surface area contributed by atoms with Crippen LogP contribution in [0.2, 0.25) is 0 Å². The van der Waals surface area contributed by atoms with Gasteiger partial charge >= 0.3 is 5.97 Å². The minimum atomic E-state index is -0.799. The third kappa shape index (κ3) is 5.29. The number of hydrogen-bond donors (Lipinski definition) is 3. The van der Waals surface area contributed by atoms with Crippen LogP contribution in [0, 0.1) is 0 Å². The first kappa shape index (κ1) is 21.2. The van der Waals surface area contributed by atoms with Crippen molar-refractivity contribution in [3.05, 3.63) is 95.1 Å². The van der Waals surface area contributed by atoms with E-state index in [1.54, 1.807) is 24.3 Å². The van der Waals surface area contributed by atoms with Gasteiger partial charge in [-0.25, -0.2) is 0 Å². The van der Waals surface area contributed by atoms with Gasteiger partial charge in [-0.2, -0.15) is 0 Å². The number of phenols is 2. The monoisotopic (exact) mass is 402 g/mol. The van der Waals surface area contributed by atoms with Gasteiger partial charge < -0.3 is 15.3 Å². The van der Waals surface area contributed by atoms with E-state index in [0.29, 0.717) is 6.42 Å². The van der Waals surface area contributed by atoms with E-state index in [4.69, 9.17) is 5.11 Å². The van der Waals surface area contributed by atoms with E-state index >= 15 is 0 Å². The molecule has 4 heteroatoms. The van der Waals surface area contributed by atoms with Crippen LogP contribution in [0.15, 0.2) is 72.8 Å². The van der Waals surface area contributed by atoms with Crippen LogP contribution in [0.25, 0.3) is 11.1 Å². The molecular formula is C26H26O4. The second kappa shape index (κ2) is 9.79. The molecule has 0 fully saturated rings. The molecule has 0 spiro atoms. The summed E-state index contributed by atoms with van der Waals surface area (Å²) in [6.07, 6.45) is 2.43. The zero-order valence-corrected chi connectivity index (χ0v) is 17.0. The lowest BCUT2D eigenvalue weighted by molar-refractivity contribution is -0.136. The second-order valence-electron chi connectivity index (χ2n) is 7.29. The molecule has 0 aromatic heterocycles. The molecule has 3 aromatic rings. The SMILES string of the molecule is CCCC(=C(c1ccc(O)cc1)c1ccc(O)cc1)c1ccc(CCC(=O)O)cc1. The molecule has 3 rings (SSSR count). The molecule has 3 aromatic carbocycles. The van der Waals surface area contributed by atoms with Gasteiger partial charge in [-0.05, 0) is 70.5 Å². The van der Waals surface area contributed by atoms with Crippen molar-refractivity contribution in [1.29, 1.82) is 0 Å². The van der Waals surface area contributed by atoms with Gasteiger partial charge in [0.25, 0.3) is 0 Å². The third-order valence-electron chi connectivity index (χ3n) is 5.04. The van der Waals surface area contributed by atoms with Crippen LogP contribution in [0.5, 0.6) is 11.5 Å². The Labute approximate surface area is 176 Å². The number of aryl methyl sites for hydroxylation is 1. The summed E-state index contributed by atoms with van der Waals surface area (Å²) >= 11 is 0. The molecule has 0 amide bonds. The third-order valence-corrected chi connectivity index (χ3v) is 5.04. The summed E-state index contributed by atoms with van der Waals surface area (Å²) in [6, 6.07) is 22.3. The molecule has 0 radical (unpaired) electrons. The van der Waals surface area contributed by atoms with Crippen molar-refractivity contribution in [2.75, 3.05) is 0 Å². The number of aromatic hydroxyl groups is 2. The molecule has 0 bridgehead atoms. The fraction of sp³-hybridized carbons (Fsp3) is 0.192. The fourth-order valence-electron chi connectivity index (χ4n) is 3.56. The van der Waals surface area contributed by atoms with Gasteiger partial charge in [0.2, 0.25) is 0 Å². The first-order valence-corrected chi connectivity index (χ1v) is 10.1. The molecule has 0 aliphatic rings. The van der Waals surface area contributed by atoms with Crippen molar-refractivity contribution in [3.8, 4) is 11.5 Å². The van der Waals surface area contributed by atoms with Crippen LogP contribution < -0.4 is 0 Å². The van der Waals surface area contributed by atoms with Crippen LogP contribution >= 0.6 is 0 Å². The van der Waals surface area contributed by atoms with Crippen LogP contribution in [-0.2, 0) is 11.2 Å². The number of aliphatic carboxylic acids is 1. The Bertz CT molecular complexity index is 967. The van der Waals surface area contributed by atoms with Gasteiger partial charge in [0.15, 0.2) is 0 Å². The predicted octanol–water partition coefficient (Wildman–Crippen LogP) is 5.87. The lowest BCUT2D eigenvalue weighted by Gasteiger charge is -2.18. The highest BCUT2D eigenvalue weighted by Gasteiger charge is 2.14. The minimum Gasteiger partial charge on any atom is -0.508 e. The van der Waals surface area contributed by atoms with E-state index in [9.17, 15) is 15.0 Å². The van der Waals surface area contributed by atoms with Gasteiger partial charge in [-0.1, -0.05) is 61.9 Å². The first-order valence-electron chi connectivity index (χ1n) is 10.1. The summed E-state index contributed by atoms with van der Waals surface area (Å²) in [5.41, 5.74) is 6.25. The van der Waals surface area contributed by atoms with Crippen molar-refractivity contribution >= 4 is 17.1 Å². The number of allylic oxidation sites excluding steroid dienone is 1. The maximum atomic E-state index is 10.8. The summed E-state index contributed by atoms with van der Waals surface area (Å²) < 4.78 is 0. The smallest absolute Gasteiger partial charge is 0.303 e. The van der Waals surface area contributed by atoms with Gasteiger partial charge in [-0.3, -0.25) is 4.79 Å². The zero-order chi connectivity index (χ0) is 21.5. The van der Waals surface area contributed by atoms with Crippen LogP contribution in [0.3, 0.4) is 0 Å². The van der Waals surface area contributed by atoms with E-state index in [1.807, 2.05) is 48.5 Å². The van der Waals surface area contributed by atoms with Crippen molar-refractivity contribution in [3.63, 3.8) is 0 Å². The molecule has 0 saturated heterocycles. The topological polar surface area (TPSA) is 77.8 Å². The average molecular weight is 402 g/mol. The van der Waals surface area contributed by atoms with E-state index in [1.165, 1.54) is 5.57 Å². The average Bonchev–Trinajstić information content (AvgIpc) is 2.75. The molecule has 0 saturated carbocycles. The van der Waals surface area contributed by atoms with E-state index in [-0.39, 0.29) is 17.9 Å². The molecule has 0 unspecified atom stereocenters. The number of carboxylic acids is 1. The Morgan fingerprint density at radius 2 is 1.17 bits per heavy atom. The maximum Gasteiger partial charge on any atom is 0.303 e. The Morgan fingerprint density at radius 3 is 1.60 bits per heavy atom. The summed E-state index contributed by atoms with van der Waals surface area (Å²) in [5, 5.41) is 28.4. The van der Waals surface area contributed by atoms with E-state index < -0.39 is 5.97 Å². The van der Waals surface area contributed by atoms with Crippen molar-refractivity contribution in [1.82, 2.24) is 0 Å². The van der Waals surface area contributed by atoms with Crippen molar-refractivity contribution in [2.24, 2.45) is 0 Å². The summed E-state index contributed by atoms with van der Waals surface area (Å²) in [7, 11) is 0. The summed E-state index contributed by atoms with van der Waals surface area (Å²) in [5.74, 6) is -0.375. The quantitative estimate of drug-likeness (QED) is 0.412. The van der Waals surface area contributed by atoms with Gasteiger partial charge in [-0.15, -0.1) is 0 Å². The number of carboxylic acid groups (broad SMARTS) is 1. The van der Waals surface area contributed by atoms with E-state index in [2.05, 4.69) is 6.92 Å². The maximum absolute atomic E-state index is 10.8. The number of benzene rings is 3. The molecule has 3 N–H and O–H groups in total. The zero-order valence-electron chi connectivity index (χ0n) is 17.0. The van der Waals surface area contributed by atoms with E-state index in [0.717, 1.165) is 40.7 Å². The largest absolute Gasteiger partial charge is 0.508 e. The molecule has 0 aliphatic carbocycles. The molecule has 30 heavy (non-hydrogen) atoms. The summed E-state index contributed by atoms with van der Waals surface area (Å²) in [6.45, 7) is 2.13. The second-order valence-corrected chi connectivity index (χ2v) is 7.29. The molecule has 154 valence electrons. The standard InChI is InChI=1S/C26H26O4/c1-2-3-24(19-7-4-18(5-8-19)6-17-25(29)30)26(20-9-13-22(27)14-10-20)21-11-15-23(28)16-12-21/h4-5,7-16,27-28H,2-3,6,17H2,1H3,(H,29,30). The number of rotatable bonds is 8. The fourth-order valence-corrected chi connectivity index (χ4v) is 3.56. The Morgan fingerprint density at radius 1 is 0.700 bits per heavy atom. The highest BCUT2D eigenvalue weighted by Crippen LogP contribution is 2.36. The lowest BCUT2D eigenvalue weighted by Crippen LogP contribution is -1.98. The molecule has 0 atom stereocenters. The van der Waals surface area contributed by atoms with Crippen molar-refractivity contribution in [2.45, 2.75) is 32.6 Å². The van der Waals surface area contributed by atoms with Crippen LogP contribution in [0.1, 0.15) is 48.4 Å². The number of phenolic OH excluding ortho intramolecular Hbond substituents is 2. The van der Waals surface area contributed by atoms with Crippen LogP contribution in [0.4, 0.5) is 0 Å². The van der Waals surface area contributed by atoms with Crippen molar-refractivity contribution < 1.29 is 20.1 Å². The Kier molecular flexibility index (Phi) is 6.91. The van der Waals surface area contributed by atoms with Gasteiger partial charge in [0.05, 0.1) is 0 Å². The number of hydrogen-bond acceptors (Lipinski definition) is 3. The molecule has 0 heterocycles. The highest BCUT2D eigenvalue weighted by molar-refractivity contribution is 5.98. The highest BCUT2D eigenvalue weighted by atomic mass is 16.4. The first-order chi connectivity index (χ1) is 14.5. The summed E-state index contributed by atoms with van der Waals surface area (Å²) in [4.78, 5) is 10.8. The predicted molar refractivity (Wildman–Crippen MR) is 119 cm³/mol. The molecule has 4 nitrogen and oxygen atoms in total. The van der Waals surface area contributed by atoms with Gasteiger partial charge in [0, 0.05) is 6.42 Å². The normalized spacial score (nSPS) is 10.6. The van der Waals surface area contributed by atoms with Gasteiger partial charge in [0.1, 0.15) is 11.5 Å². The lowest BCUT2D eigenvalue weighted by atomic mass is 9.87. The number of carbonyl (C=O) groups is 1. The Balaban J connectivity index is 2.12. The van der Waals surface area contributed by atoms with Crippen LogP contribution in [-0.4, -0.2) is 21.3 Å².